The second-order valence-electron chi connectivity index (χ2n) is 3.78. The van der Waals surface area contributed by atoms with Crippen LogP contribution in [-0.4, -0.2) is 16.5 Å². The molecule has 1 aromatic carbocycles. The number of nitrogens with two attached hydrogens (primary N) is 1. The van der Waals surface area contributed by atoms with E-state index in [0.29, 0.717) is 6.54 Å². The molecule has 0 bridgehead atoms. The van der Waals surface area contributed by atoms with Crippen molar-refractivity contribution in [3.63, 3.8) is 0 Å². The van der Waals surface area contributed by atoms with Gasteiger partial charge in [-0.2, -0.15) is 0 Å². The summed E-state index contributed by atoms with van der Waals surface area (Å²) in [5.74, 6) is 0. The van der Waals surface area contributed by atoms with Gasteiger partial charge in [-0.25, -0.2) is 9.97 Å². The van der Waals surface area contributed by atoms with Gasteiger partial charge in [0.15, 0.2) is 5.16 Å². The van der Waals surface area contributed by atoms with Crippen molar-refractivity contribution in [2.45, 2.75) is 17.3 Å². The minimum Gasteiger partial charge on any atom is -0.329 e. The van der Waals surface area contributed by atoms with Crippen LogP contribution in [0, 0.1) is 6.92 Å². The molecule has 0 amide bonds. The van der Waals surface area contributed by atoms with Crippen LogP contribution in [-0.2, 0) is 0 Å². The molecule has 1 unspecified atom stereocenters. The third kappa shape index (κ3) is 3.28. The topological polar surface area (TPSA) is 51.8 Å². The first kappa shape index (κ1) is 12.1. The highest BCUT2D eigenvalue weighted by molar-refractivity contribution is 7.99. The molecule has 0 aliphatic heterocycles. The molecule has 3 nitrogen and oxygen atoms in total. The highest BCUT2D eigenvalue weighted by atomic mass is 32.2. The molecule has 0 radical (unpaired) electrons. The van der Waals surface area contributed by atoms with E-state index >= 15 is 0 Å². The number of aromatic nitrogens is 2. The van der Waals surface area contributed by atoms with Gasteiger partial charge in [0.05, 0.1) is 0 Å². The van der Waals surface area contributed by atoms with E-state index in [4.69, 9.17) is 5.73 Å². The molecule has 1 atom stereocenters. The van der Waals surface area contributed by atoms with Crippen LogP contribution in [0.2, 0.25) is 0 Å². The van der Waals surface area contributed by atoms with Gasteiger partial charge < -0.3 is 5.73 Å². The van der Waals surface area contributed by atoms with E-state index in [1.807, 2.05) is 6.07 Å². The third-order valence-electron chi connectivity index (χ3n) is 2.45. The fourth-order valence-corrected chi connectivity index (χ4v) is 2.39. The molecular formula is C13H15N3S. The lowest BCUT2D eigenvalue weighted by atomic mass is 10.1. The van der Waals surface area contributed by atoms with Crippen molar-refractivity contribution in [1.29, 1.82) is 0 Å². The number of rotatable bonds is 4. The first-order valence-electron chi connectivity index (χ1n) is 5.50. The molecule has 0 saturated carbocycles. The van der Waals surface area contributed by atoms with Crippen molar-refractivity contribution in [1.82, 2.24) is 9.97 Å². The molecule has 1 heterocycles. The number of thioether (sulfide) groups is 1. The van der Waals surface area contributed by atoms with Crippen LogP contribution in [0.3, 0.4) is 0 Å². The second-order valence-corrected chi connectivity index (χ2v) is 4.95. The Morgan fingerprint density at radius 2 is 1.82 bits per heavy atom. The summed E-state index contributed by atoms with van der Waals surface area (Å²) >= 11 is 1.60. The number of benzene rings is 1. The van der Waals surface area contributed by atoms with E-state index < -0.39 is 0 Å². The Hall–Kier alpha value is -1.39. The predicted octanol–water partition coefficient (Wildman–Crippen LogP) is 2.58. The van der Waals surface area contributed by atoms with E-state index in [-0.39, 0.29) is 5.25 Å². The average molecular weight is 245 g/mol. The van der Waals surface area contributed by atoms with E-state index in [1.54, 1.807) is 24.2 Å². The first-order chi connectivity index (χ1) is 8.29. The third-order valence-corrected chi connectivity index (χ3v) is 3.62. The van der Waals surface area contributed by atoms with Gasteiger partial charge in [-0.3, -0.25) is 0 Å². The lowest BCUT2D eigenvalue weighted by Gasteiger charge is -2.13. The van der Waals surface area contributed by atoms with Gasteiger partial charge in [-0.15, -0.1) is 0 Å². The van der Waals surface area contributed by atoms with Crippen LogP contribution < -0.4 is 5.73 Å². The Morgan fingerprint density at radius 1 is 1.18 bits per heavy atom. The summed E-state index contributed by atoms with van der Waals surface area (Å²) in [6.45, 7) is 2.65. The van der Waals surface area contributed by atoms with Gasteiger partial charge >= 0.3 is 0 Å². The molecule has 2 rings (SSSR count). The molecular weight excluding hydrogens is 230 g/mol. The van der Waals surface area contributed by atoms with E-state index in [0.717, 1.165) is 5.16 Å². The summed E-state index contributed by atoms with van der Waals surface area (Å²) < 4.78 is 0. The van der Waals surface area contributed by atoms with Crippen LogP contribution in [0.4, 0.5) is 0 Å². The van der Waals surface area contributed by atoms with Crippen LogP contribution in [0.1, 0.15) is 16.4 Å². The van der Waals surface area contributed by atoms with Crippen LogP contribution in [0.25, 0.3) is 0 Å². The zero-order chi connectivity index (χ0) is 12.1. The Balaban J connectivity index is 2.14. The van der Waals surface area contributed by atoms with Crippen LogP contribution in [0.15, 0.2) is 47.9 Å². The maximum absolute atomic E-state index is 5.81. The summed E-state index contributed by atoms with van der Waals surface area (Å²) in [7, 11) is 0. The maximum atomic E-state index is 5.81. The molecule has 2 aromatic rings. The van der Waals surface area contributed by atoms with Crippen molar-refractivity contribution < 1.29 is 0 Å². The Kier molecular flexibility index (Phi) is 4.12. The SMILES string of the molecule is Cc1ccc(C(CN)Sc2ncccn2)cc1. The molecule has 17 heavy (non-hydrogen) atoms. The minimum absolute atomic E-state index is 0.206. The lowest BCUT2D eigenvalue weighted by molar-refractivity contribution is 0.908. The highest BCUT2D eigenvalue weighted by Gasteiger charge is 2.12. The van der Waals surface area contributed by atoms with Gasteiger partial charge in [0, 0.05) is 24.2 Å². The van der Waals surface area contributed by atoms with Crippen LogP contribution in [0.5, 0.6) is 0 Å². The van der Waals surface area contributed by atoms with Gasteiger partial charge in [-0.05, 0) is 18.6 Å². The summed E-state index contributed by atoms with van der Waals surface area (Å²) in [5, 5.41) is 0.974. The van der Waals surface area contributed by atoms with Crippen molar-refractivity contribution in [2.24, 2.45) is 5.73 Å². The Morgan fingerprint density at radius 3 is 2.41 bits per heavy atom. The van der Waals surface area contributed by atoms with Gasteiger partial charge in [0.2, 0.25) is 0 Å². The van der Waals surface area contributed by atoms with Gasteiger partial charge in [0.1, 0.15) is 0 Å². The normalized spacial score (nSPS) is 12.4. The summed E-state index contributed by atoms with van der Waals surface area (Å²) in [4.78, 5) is 8.41. The second kappa shape index (κ2) is 5.80. The largest absolute Gasteiger partial charge is 0.329 e. The molecule has 0 saturated heterocycles. The molecule has 0 aliphatic carbocycles. The summed E-state index contributed by atoms with van der Waals surface area (Å²) in [5.41, 5.74) is 8.29. The monoisotopic (exact) mass is 245 g/mol. The molecule has 88 valence electrons. The number of nitrogens with zero attached hydrogens (tertiary/aromatic N) is 2. The van der Waals surface area contributed by atoms with Gasteiger partial charge in [0.25, 0.3) is 0 Å². The van der Waals surface area contributed by atoms with Crippen molar-refractivity contribution in [2.75, 3.05) is 6.54 Å². The molecule has 2 N–H and O–H groups in total. The lowest BCUT2D eigenvalue weighted by Crippen LogP contribution is -2.09. The zero-order valence-electron chi connectivity index (χ0n) is 9.71. The standard InChI is InChI=1S/C13H15N3S/c1-10-3-5-11(6-4-10)12(9-14)17-13-15-7-2-8-16-13/h2-8,12H,9,14H2,1H3. The number of hydrogen-bond acceptors (Lipinski definition) is 4. The van der Waals surface area contributed by atoms with E-state index in [2.05, 4.69) is 41.2 Å². The number of aryl methyl sites for hydroxylation is 1. The fraction of sp³-hybridized carbons (Fsp3) is 0.231. The van der Waals surface area contributed by atoms with Crippen molar-refractivity contribution in [3.8, 4) is 0 Å². The Bertz CT molecular complexity index is 456. The van der Waals surface area contributed by atoms with E-state index in [1.165, 1.54) is 11.1 Å². The Labute approximate surface area is 105 Å². The molecule has 0 fully saturated rings. The summed E-state index contributed by atoms with van der Waals surface area (Å²) in [6, 6.07) is 10.2. The smallest absolute Gasteiger partial charge is 0.188 e. The van der Waals surface area contributed by atoms with Gasteiger partial charge in [-0.1, -0.05) is 41.6 Å². The van der Waals surface area contributed by atoms with Crippen molar-refractivity contribution >= 4 is 11.8 Å². The fourth-order valence-electron chi connectivity index (χ4n) is 1.51. The van der Waals surface area contributed by atoms with Crippen LogP contribution >= 0.6 is 11.8 Å². The predicted molar refractivity (Wildman–Crippen MR) is 70.9 cm³/mol. The number of hydrogen-bond donors (Lipinski definition) is 1. The zero-order valence-corrected chi connectivity index (χ0v) is 10.5. The average Bonchev–Trinajstić information content (AvgIpc) is 2.38. The molecule has 0 aliphatic rings. The molecule has 4 heteroatoms. The summed E-state index contributed by atoms with van der Waals surface area (Å²) in [6.07, 6.45) is 3.50. The quantitative estimate of drug-likeness (QED) is 0.664. The maximum Gasteiger partial charge on any atom is 0.188 e. The first-order valence-corrected chi connectivity index (χ1v) is 6.38. The highest BCUT2D eigenvalue weighted by Crippen LogP contribution is 2.31. The molecule has 1 aromatic heterocycles. The molecule has 0 spiro atoms. The minimum atomic E-state index is 0.206. The van der Waals surface area contributed by atoms with E-state index in [9.17, 15) is 0 Å². The van der Waals surface area contributed by atoms with Crippen molar-refractivity contribution in [3.05, 3.63) is 53.9 Å².